The zero-order chi connectivity index (χ0) is 19.7. The Morgan fingerprint density at radius 2 is 2.14 bits per heavy atom. The SMILES string of the molecule is Cc1c(CN2CCCC3(CC2)CN(c2cccc(F)c2)C(=O)CO3)cnn1C. The Hall–Kier alpha value is -2.25. The standard InChI is InChI=1S/C21H27FN4O2/c1-16-17(12-23-24(16)2)13-25-9-4-7-21(8-10-25)15-26(20(27)14-28-21)19-6-3-5-18(22)11-19/h3,5-6,11-12H,4,7-10,13-15H2,1-2H3. The van der Waals surface area contributed by atoms with Crippen LogP contribution in [-0.4, -0.2) is 52.4 Å². The van der Waals surface area contributed by atoms with E-state index in [4.69, 9.17) is 4.74 Å². The van der Waals surface area contributed by atoms with Crippen LogP contribution in [0.25, 0.3) is 0 Å². The number of hydrogen-bond donors (Lipinski definition) is 0. The molecule has 1 unspecified atom stereocenters. The second-order valence-corrected chi connectivity index (χ2v) is 7.94. The normalized spacial score (nSPS) is 24.0. The van der Waals surface area contributed by atoms with Crippen molar-refractivity contribution in [3.8, 4) is 0 Å². The average Bonchev–Trinajstić information content (AvgIpc) is 2.88. The van der Waals surface area contributed by atoms with Crippen molar-refractivity contribution in [1.82, 2.24) is 14.7 Å². The van der Waals surface area contributed by atoms with E-state index in [1.165, 1.54) is 23.4 Å². The van der Waals surface area contributed by atoms with Crippen molar-refractivity contribution < 1.29 is 13.9 Å². The summed E-state index contributed by atoms with van der Waals surface area (Å²) in [5.41, 5.74) is 2.69. The van der Waals surface area contributed by atoms with Crippen LogP contribution in [0.5, 0.6) is 0 Å². The molecule has 2 aliphatic heterocycles. The summed E-state index contributed by atoms with van der Waals surface area (Å²) in [5, 5.41) is 4.34. The van der Waals surface area contributed by atoms with Gasteiger partial charge in [-0.05, 0) is 50.9 Å². The highest BCUT2D eigenvalue weighted by Crippen LogP contribution is 2.33. The van der Waals surface area contributed by atoms with Crippen molar-refractivity contribution in [2.24, 2.45) is 7.05 Å². The molecule has 1 spiro atoms. The maximum absolute atomic E-state index is 13.7. The van der Waals surface area contributed by atoms with Crippen LogP contribution in [0.2, 0.25) is 0 Å². The molecule has 0 radical (unpaired) electrons. The summed E-state index contributed by atoms with van der Waals surface area (Å²) in [6, 6.07) is 6.25. The number of ether oxygens (including phenoxy) is 1. The molecule has 150 valence electrons. The number of rotatable bonds is 3. The monoisotopic (exact) mass is 386 g/mol. The highest BCUT2D eigenvalue weighted by atomic mass is 19.1. The summed E-state index contributed by atoms with van der Waals surface area (Å²) in [4.78, 5) is 16.5. The summed E-state index contributed by atoms with van der Waals surface area (Å²) in [6.45, 7) is 5.40. The third kappa shape index (κ3) is 3.82. The fourth-order valence-corrected chi connectivity index (χ4v) is 4.22. The number of halogens is 1. The Morgan fingerprint density at radius 3 is 2.89 bits per heavy atom. The van der Waals surface area contributed by atoms with Crippen molar-refractivity contribution in [2.75, 3.05) is 31.1 Å². The first-order valence-electron chi connectivity index (χ1n) is 9.85. The average molecular weight is 386 g/mol. The minimum Gasteiger partial charge on any atom is -0.363 e. The molecule has 2 saturated heterocycles. The Kier molecular flexibility index (Phi) is 5.21. The quantitative estimate of drug-likeness (QED) is 0.814. The third-order valence-electron chi connectivity index (χ3n) is 6.09. The number of aryl methyl sites for hydroxylation is 1. The molecule has 4 rings (SSSR count). The fourth-order valence-electron chi connectivity index (χ4n) is 4.22. The summed E-state index contributed by atoms with van der Waals surface area (Å²) in [7, 11) is 1.96. The summed E-state index contributed by atoms with van der Waals surface area (Å²) < 4.78 is 21.6. The Bertz CT molecular complexity index is 868. The lowest BCUT2D eigenvalue weighted by molar-refractivity contribution is -0.140. The highest BCUT2D eigenvalue weighted by molar-refractivity contribution is 5.95. The number of nitrogens with zero attached hydrogens (tertiary/aromatic N) is 4. The molecule has 1 amide bonds. The Labute approximate surface area is 164 Å². The van der Waals surface area contributed by atoms with Gasteiger partial charge in [0.15, 0.2) is 0 Å². The second-order valence-electron chi connectivity index (χ2n) is 7.94. The lowest BCUT2D eigenvalue weighted by Gasteiger charge is -2.42. The van der Waals surface area contributed by atoms with E-state index < -0.39 is 0 Å². The van der Waals surface area contributed by atoms with Gasteiger partial charge in [-0.2, -0.15) is 5.10 Å². The zero-order valence-corrected chi connectivity index (χ0v) is 16.5. The van der Waals surface area contributed by atoms with Crippen molar-refractivity contribution in [2.45, 2.75) is 38.3 Å². The van der Waals surface area contributed by atoms with Gasteiger partial charge in [0.05, 0.1) is 18.3 Å². The van der Waals surface area contributed by atoms with Crippen LogP contribution in [0.1, 0.15) is 30.5 Å². The molecule has 0 aliphatic carbocycles. The van der Waals surface area contributed by atoms with Gasteiger partial charge in [-0.1, -0.05) is 6.07 Å². The van der Waals surface area contributed by atoms with E-state index in [2.05, 4.69) is 16.9 Å². The number of benzene rings is 1. The minimum absolute atomic E-state index is 0.0538. The molecule has 28 heavy (non-hydrogen) atoms. The van der Waals surface area contributed by atoms with Crippen LogP contribution in [0, 0.1) is 12.7 Å². The van der Waals surface area contributed by atoms with E-state index >= 15 is 0 Å². The van der Waals surface area contributed by atoms with E-state index in [-0.39, 0.29) is 23.9 Å². The van der Waals surface area contributed by atoms with Gasteiger partial charge < -0.3 is 9.64 Å². The van der Waals surface area contributed by atoms with Crippen molar-refractivity contribution in [3.63, 3.8) is 0 Å². The molecule has 3 heterocycles. The first kappa shape index (κ1) is 19.1. The van der Waals surface area contributed by atoms with E-state index in [1.54, 1.807) is 17.0 Å². The maximum atomic E-state index is 13.7. The van der Waals surface area contributed by atoms with Gasteiger partial charge in [0.25, 0.3) is 5.91 Å². The number of likely N-dealkylation sites (tertiary alicyclic amines) is 1. The molecule has 1 aromatic heterocycles. The number of aromatic nitrogens is 2. The molecule has 2 fully saturated rings. The number of carbonyl (C=O) groups is 1. The van der Waals surface area contributed by atoms with Crippen LogP contribution in [-0.2, 0) is 23.1 Å². The van der Waals surface area contributed by atoms with Crippen molar-refractivity contribution in [1.29, 1.82) is 0 Å². The highest BCUT2D eigenvalue weighted by Gasteiger charge is 2.41. The van der Waals surface area contributed by atoms with Crippen LogP contribution >= 0.6 is 0 Å². The van der Waals surface area contributed by atoms with E-state index in [9.17, 15) is 9.18 Å². The van der Waals surface area contributed by atoms with Crippen LogP contribution in [0.4, 0.5) is 10.1 Å². The van der Waals surface area contributed by atoms with Crippen LogP contribution in [0.3, 0.4) is 0 Å². The van der Waals surface area contributed by atoms with Gasteiger partial charge in [-0.3, -0.25) is 14.4 Å². The fraction of sp³-hybridized carbons (Fsp3) is 0.524. The number of anilines is 1. The lowest BCUT2D eigenvalue weighted by atomic mass is 9.92. The predicted octanol–water partition coefficient (Wildman–Crippen LogP) is 2.66. The smallest absolute Gasteiger partial charge is 0.253 e. The van der Waals surface area contributed by atoms with Gasteiger partial charge in [0, 0.05) is 37.1 Å². The third-order valence-corrected chi connectivity index (χ3v) is 6.09. The molecule has 0 bridgehead atoms. The zero-order valence-electron chi connectivity index (χ0n) is 16.5. The molecule has 1 aromatic carbocycles. The number of morpholine rings is 1. The molecule has 2 aliphatic rings. The number of amides is 1. The summed E-state index contributed by atoms with van der Waals surface area (Å²) in [6.07, 6.45) is 4.70. The first-order valence-corrected chi connectivity index (χ1v) is 9.85. The largest absolute Gasteiger partial charge is 0.363 e. The molecule has 0 saturated carbocycles. The van der Waals surface area contributed by atoms with E-state index in [1.807, 2.05) is 17.9 Å². The van der Waals surface area contributed by atoms with Crippen molar-refractivity contribution in [3.05, 3.63) is 47.5 Å². The van der Waals surface area contributed by atoms with Crippen LogP contribution < -0.4 is 4.90 Å². The topological polar surface area (TPSA) is 50.6 Å². The van der Waals surface area contributed by atoms with Gasteiger partial charge >= 0.3 is 0 Å². The van der Waals surface area contributed by atoms with Gasteiger partial charge in [-0.15, -0.1) is 0 Å². The van der Waals surface area contributed by atoms with E-state index in [0.29, 0.717) is 12.2 Å². The summed E-state index contributed by atoms with van der Waals surface area (Å²) in [5.74, 6) is -0.437. The van der Waals surface area contributed by atoms with Gasteiger partial charge in [-0.25, -0.2) is 4.39 Å². The number of carbonyl (C=O) groups excluding carboxylic acids is 1. The van der Waals surface area contributed by atoms with Crippen molar-refractivity contribution >= 4 is 11.6 Å². The predicted molar refractivity (Wildman–Crippen MR) is 105 cm³/mol. The lowest BCUT2D eigenvalue weighted by Crippen LogP contribution is -2.55. The maximum Gasteiger partial charge on any atom is 0.253 e. The molecular weight excluding hydrogens is 359 g/mol. The van der Waals surface area contributed by atoms with Gasteiger partial charge in [0.2, 0.25) is 0 Å². The summed E-state index contributed by atoms with van der Waals surface area (Å²) >= 11 is 0. The molecule has 6 nitrogen and oxygen atoms in total. The Morgan fingerprint density at radius 1 is 1.29 bits per heavy atom. The van der Waals surface area contributed by atoms with E-state index in [0.717, 1.165) is 38.9 Å². The molecule has 2 aromatic rings. The molecule has 0 N–H and O–H groups in total. The molecule has 7 heteroatoms. The number of hydrogen-bond acceptors (Lipinski definition) is 4. The van der Waals surface area contributed by atoms with Gasteiger partial charge in [0.1, 0.15) is 12.4 Å². The minimum atomic E-state index is -0.362. The second kappa shape index (κ2) is 7.64. The van der Waals surface area contributed by atoms with Crippen LogP contribution in [0.15, 0.2) is 30.5 Å². The molecule has 1 atom stereocenters. The Balaban J connectivity index is 1.46. The molecular formula is C21H27FN4O2. The first-order chi connectivity index (χ1) is 13.5.